The van der Waals surface area contributed by atoms with Crippen LogP contribution in [0.3, 0.4) is 0 Å². The van der Waals surface area contributed by atoms with E-state index in [1.165, 1.54) is 21.0 Å². The number of anilines is 1. The minimum absolute atomic E-state index is 0.577. The molecule has 1 aliphatic heterocycles. The molecule has 1 aliphatic rings. The van der Waals surface area contributed by atoms with E-state index >= 15 is 0 Å². The van der Waals surface area contributed by atoms with Crippen LogP contribution in [0, 0.1) is 0 Å². The molecule has 1 aromatic carbocycles. The van der Waals surface area contributed by atoms with Gasteiger partial charge >= 0.3 is 0 Å². The summed E-state index contributed by atoms with van der Waals surface area (Å²) in [6, 6.07) is 8.39. The van der Waals surface area contributed by atoms with Gasteiger partial charge in [-0.3, -0.25) is 0 Å². The van der Waals surface area contributed by atoms with E-state index in [1.54, 1.807) is 0 Å². The van der Waals surface area contributed by atoms with E-state index in [9.17, 15) is 0 Å². The van der Waals surface area contributed by atoms with Crippen LogP contribution in [0.4, 0.5) is 5.82 Å². The molecule has 21 heavy (non-hydrogen) atoms. The van der Waals surface area contributed by atoms with E-state index in [0.29, 0.717) is 10.4 Å². The predicted octanol–water partition coefficient (Wildman–Crippen LogP) is 4.79. The van der Waals surface area contributed by atoms with Gasteiger partial charge in [-0.05, 0) is 25.0 Å². The molecule has 0 spiro atoms. The second kappa shape index (κ2) is 5.55. The average Bonchev–Trinajstić information content (AvgIpc) is 3.13. The summed E-state index contributed by atoms with van der Waals surface area (Å²) in [5.74, 6) is 1.60. The van der Waals surface area contributed by atoms with E-state index in [0.717, 1.165) is 37.3 Å². The van der Waals surface area contributed by atoms with Gasteiger partial charge in [-0.1, -0.05) is 23.7 Å². The highest BCUT2D eigenvalue weighted by atomic mass is 35.5. The molecular weight excluding hydrogens is 322 g/mol. The van der Waals surface area contributed by atoms with Crippen molar-refractivity contribution in [3.05, 3.63) is 39.1 Å². The maximum atomic E-state index is 5.92. The van der Waals surface area contributed by atoms with Crippen molar-refractivity contribution in [2.45, 2.75) is 18.8 Å². The molecule has 2 aromatic heterocycles. The first kappa shape index (κ1) is 13.5. The highest BCUT2D eigenvalue weighted by molar-refractivity contribution is 7.18. The van der Waals surface area contributed by atoms with Crippen LogP contribution < -0.4 is 4.90 Å². The SMILES string of the molecule is Clc1nc(N2CCC(c3nc4ccccc4s3)CC2)cs1. The van der Waals surface area contributed by atoms with Crippen LogP contribution in [-0.2, 0) is 0 Å². The standard InChI is InChI=1S/C15H14ClN3S2/c16-15-18-13(9-20-15)19-7-5-10(6-8-19)14-17-11-3-1-2-4-12(11)21-14/h1-4,9-10H,5-8H2. The van der Waals surface area contributed by atoms with Crippen LogP contribution in [0.5, 0.6) is 0 Å². The van der Waals surface area contributed by atoms with E-state index in [4.69, 9.17) is 16.6 Å². The van der Waals surface area contributed by atoms with Crippen molar-refractivity contribution in [3.8, 4) is 0 Å². The Balaban J connectivity index is 1.49. The zero-order valence-corrected chi connectivity index (χ0v) is 13.7. The fourth-order valence-corrected chi connectivity index (χ4v) is 4.72. The predicted molar refractivity (Wildman–Crippen MR) is 90.9 cm³/mol. The molecule has 0 unspecified atom stereocenters. The summed E-state index contributed by atoms with van der Waals surface area (Å²) in [6.07, 6.45) is 2.27. The van der Waals surface area contributed by atoms with E-state index in [1.807, 2.05) is 16.7 Å². The molecule has 0 N–H and O–H groups in total. The molecular formula is C15H14ClN3S2. The summed E-state index contributed by atoms with van der Waals surface area (Å²) < 4.78 is 1.92. The Bertz CT molecular complexity index is 726. The molecule has 108 valence electrons. The summed E-state index contributed by atoms with van der Waals surface area (Å²) in [7, 11) is 0. The number of piperidine rings is 1. The Morgan fingerprint density at radius 2 is 1.95 bits per heavy atom. The molecule has 0 radical (unpaired) electrons. The van der Waals surface area contributed by atoms with Gasteiger partial charge in [0.2, 0.25) is 0 Å². The highest BCUT2D eigenvalue weighted by Gasteiger charge is 2.24. The zero-order chi connectivity index (χ0) is 14.2. The maximum Gasteiger partial charge on any atom is 0.185 e. The second-order valence-corrected chi connectivity index (χ2v) is 7.74. The Kier molecular flexibility index (Phi) is 3.57. The van der Waals surface area contributed by atoms with Gasteiger partial charge in [0, 0.05) is 24.4 Å². The molecule has 0 saturated carbocycles. The molecule has 0 aliphatic carbocycles. The first-order valence-corrected chi connectivity index (χ1v) is 9.08. The number of nitrogens with zero attached hydrogens (tertiary/aromatic N) is 3. The van der Waals surface area contributed by atoms with Crippen LogP contribution in [0.1, 0.15) is 23.8 Å². The zero-order valence-electron chi connectivity index (χ0n) is 11.3. The highest BCUT2D eigenvalue weighted by Crippen LogP contribution is 2.35. The number of hydrogen-bond acceptors (Lipinski definition) is 5. The van der Waals surface area contributed by atoms with Gasteiger partial charge < -0.3 is 4.90 Å². The normalized spacial score (nSPS) is 16.7. The van der Waals surface area contributed by atoms with Crippen molar-refractivity contribution >= 4 is 50.3 Å². The van der Waals surface area contributed by atoms with E-state index in [2.05, 4.69) is 34.1 Å². The summed E-state index contributed by atoms with van der Waals surface area (Å²) in [4.78, 5) is 11.5. The third kappa shape index (κ3) is 2.65. The van der Waals surface area contributed by atoms with Gasteiger partial charge in [-0.25, -0.2) is 9.97 Å². The second-order valence-electron chi connectivity index (χ2n) is 5.24. The number of hydrogen-bond donors (Lipinski definition) is 0. The lowest BCUT2D eigenvalue weighted by atomic mass is 9.98. The van der Waals surface area contributed by atoms with Gasteiger partial charge in [0.1, 0.15) is 5.82 Å². The molecule has 0 atom stereocenters. The minimum atomic E-state index is 0.577. The first-order chi connectivity index (χ1) is 10.3. The Morgan fingerprint density at radius 3 is 2.67 bits per heavy atom. The summed E-state index contributed by atoms with van der Waals surface area (Å²) in [5, 5.41) is 3.33. The first-order valence-electron chi connectivity index (χ1n) is 7.01. The summed E-state index contributed by atoms with van der Waals surface area (Å²) >= 11 is 9.26. The molecule has 0 bridgehead atoms. The minimum Gasteiger partial charge on any atom is -0.356 e. The van der Waals surface area contributed by atoms with Crippen molar-refractivity contribution < 1.29 is 0 Å². The lowest BCUT2D eigenvalue weighted by molar-refractivity contribution is 0.502. The Hall–Kier alpha value is -1.17. The number of fused-ring (bicyclic) bond motifs is 1. The van der Waals surface area contributed by atoms with Crippen molar-refractivity contribution in [1.82, 2.24) is 9.97 Å². The summed E-state index contributed by atoms with van der Waals surface area (Å²) in [5.41, 5.74) is 1.13. The van der Waals surface area contributed by atoms with Crippen molar-refractivity contribution in [3.63, 3.8) is 0 Å². The van der Waals surface area contributed by atoms with Gasteiger partial charge in [-0.15, -0.1) is 22.7 Å². The molecule has 3 aromatic rings. The fraction of sp³-hybridized carbons (Fsp3) is 0.333. The van der Waals surface area contributed by atoms with E-state index in [-0.39, 0.29) is 0 Å². The quantitative estimate of drug-likeness (QED) is 0.674. The topological polar surface area (TPSA) is 29.0 Å². The van der Waals surface area contributed by atoms with Crippen molar-refractivity contribution in [1.29, 1.82) is 0 Å². The lowest BCUT2D eigenvalue weighted by Gasteiger charge is -2.31. The van der Waals surface area contributed by atoms with Gasteiger partial charge in [0.05, 0.1) is 15.2 Å². The number of rotatable bonds is 2. The van der Waals surface area contributed by atoms with Gasteiger partial charge in [0.25, 0.3) is 0 Å². The Labute approximate surface area is 136 Å². The summed E-state index contributed by atoms with van der Waals surface area (Å²) in [6.45, 7) is 2.06. The van der Waals surface area contributed by atoms with Crippen molar-refractivity contribution in [2.24, 2.45) is 0 Å². The van der Waals surface area contributed by atoms with Gasteiger partial charge in [-0.2, -0.15) is 0 Å². The lowest BCUT2D eigenvalue weighted by Crippen LogP contribution is -2.33. The maximum absolute atomic E-state index is 5.92. The molecule has 0 amide bonds. The van der Waals surface area contributed by atoms with Crippen LogP contribution in [0.2, 0.25) is 4.47 Å². The molecule has 3 heterocycles. The van der Waals surface area contributed by atoms with Crippen LogP contribution in [-0.4, -0.2) is 23.1 Å². The smallest absolute Gasteiger partial charge is 0.185 e. The molecule has 1 fully saturated rings. The molecule has 1 saturated heterocycles. The van der Waals surface area contributed by atoms with Crippen LogP contribution in [0.15, 0.2) is 29.6 Å². The van der Waals surface area contributed by atoms with Crippen molar-refractivity contribution in [2.75, 3.05) is 18.0 Å². The molecule has 4 rings (SSSR count). The number of benzene rings is 1. The van der Waals surface area contributed by atoms with Crippen LogP contribution in [0.25, 0.3) is 10.2 Å². The third-order valence-corrected chi connectivity index (χ3v) is 6.11. The fourth-order valence-electron chi connectivity index (χ4n) is 2.81. The number of halogens is 1. The average molecular weight is 336 g/mol. The Morgan fingerprint density at radius 1 is 1.14 bits per heavy atom. The number of para-hydroxylation sites is 1. The largest absolute Gasteiger partial charge is 0.356 e. The molecule has 6 heteroatoms. The van der Waals surface area contributed by atoms with Crippen LogP contribution >= 0.6 is 34.3 Å². The monoisotopic (exact) mass is 335 g/mol. The van der Waals surface area contributed by atoms with Gasteiger partial charge in [0.15, 0.2) is 4.47 Å². The van der Waals surface area contributed by atoms with E-state index < -0.39 is 0 Å². The third-order valence-electron chi connectivity index (χ3n) is 3.94. The number of thiazole rings is 2. The molecule has 3 nitrogen and oxygen atoms in total. The number of aromatic nitrogens is 2.